The SMILES string of the molecule is CCCN1C(=O)/C(=C\c2ccc(OCC)c(OC)c2)c2ccccc21. The number of rotatable bonds is 6. The third-order valence-corrected chi connectivity index (χ3v) is 4.21. The zero-order chi connectivity index (χ0) is 17.8. The van der Waals surface area contributed by atoms with E-state index in [0.29, 0.717) is 18.1 Å². The van der Waals surface area contributed by atoms with Crippen molar-refractivity contribution in [2.24, 2.45) is 0 Å². The Morgan fingerprint density at radius 3 is 2.60 bits per heavy atom. The highest BCUT2D eigenvalue weighted by Crippen LogP contribution is 2.38. The summed E-state index contributed by atoms with van der Waals surface area (Å²) in [5.74, 6) is 1.43. The fourth-order valence-electron chi connectivity index (χ4n) is 3.11. The van der Waals surface area contributed by atoms with Gasteiger partial charge in [0.1, 0.15) is 0 Å². The molecule has 1 heterocycles. The molecule has 0 unspecified atom stereocenters. The van der Waals surface area contributed by atoms with Gasteiger partial charge in [0.2, 0.25) is 0 Å². The lowest BCUT2D eigenvalue weighted by Gasteiger charge is -2.15. The second-order valence-electron chi connectivity index (χ2n) is 5.88. The monoisotopic (exact) mass is 337 g/mol. The molecule has 0 bridgehead atoms. The predicted octanol–water partition coefficient (Wildman–Crippen LogP) is 4.39. The Hall–Kier alpha value is -2.75. The zero-order valence-electron chi connectivity index (χ0n) is 14.9. The number of nitrogens with zero attached hydrogens (tertiary/aromatic N) is 1. The summed E-state index contributed by atoms with van der Waals surface area (Å²) in [6.45, 7) is 5.31. The molecule has 0 N–H and O–H groups in total. The molecule has 4 heteroatoms. The summed E-state index contributed by atoms with van der Waals surface area (Å²) < 4.78 is 11.0. The summed E-state index contributed by atoms with van der Waals surface area (Å²) in [5.41, 5.74) is 3.60. The summed E-state index contributed by atoms with van der Waals surface area (Å²) in [7, 11) is 1.62. The van der Waals surface area contributed by atoms with Gasteiger partial charge in [-0.05, 0) is 43.2 Å². The Morgan fingerprint density at radius 1 is 1.08 bits per heavy atom. The van der Waals surface area contributed by atoms with E-state index in [0.717, 1.165) is 35.4 Å². The van der Waals surface area contributed by atoms with Gasteiger partial charge in [0.15, 0.2) is 11.5 Å². The van der Waals surface area contributed by atoms with Crippen molar-refractivity contribution in [3.63, 3.8) is 0 Å². The van der Waals surface area contributed by atoms with E-state index in [1.807, 2.05) is 60.4 Å². The van der Waals surface area contributed by atoms with Gasteiger partial charge in [-0.2, -0.15) is 0 Å². The fraction of sp³-hybridized carbons (Fsp3) is 0.286. The van der Waals surface area contributed by atoms with Gasteiger partial charge in [-0.3, -0.25) is 4.79 Å². The van der Waals surface area contributed by atoms with Gasteiger partial charge < -0.3 is 14.4 Å². The van der Waals surface area contributed by atoms with Crippen LogP contribution in [0.3, 0.4) is 0 Å². The summed E-state index contributed by atoms with van der Waals surface area (Å²) in [4.78, 5) is 14.7. The van der Waals surface area contributed by atoms with Crippen LogP contribution in [0.15, 0.2) is 42.5 Å². The number of anilines is 1. The first kappa shape index (κ1) is 17.1. The molecule has 2 aromatic carbocycles. The first-order valence-corrected chi connectivity index (χ1v) is 8.63. The number of para-hydroxylation sites is 1. The van der Waals surface area contributed by atoms with Gasteiger partial charge in [0.05, 0.1) is 19.4 Å². The van der Waals surface area contributed by atoms with Crippen LogP contribution < -0.4 is 14.4 Å². The number of carbonyl (C=O) groups is 1. The maximum Gasteiger partial charge on any atom is 0.258 e. The second-order valence-corrected chi connectivity index (χ2v) is 5.88. The van der Waals surface area contributed by atoms with E-state index in [4.69, 9.17) is 9.47 Å². The Kier molecular flexibility index (Phi) is 5.08. The highest BCUT2D eigenvalue weighted by atomic mass is 16.5. The third-order valence-electron chi connectivity index (χ3n) is 4.21. The lowest BCUT2D eigenvalue weighted by atomic mass is 10.0. The van der Waals surface area contributed by atoms with Crippen LogP contribution in [0, 0.1) is 0 Å². The molecule has 1 aliphatic heterocycles. The highest BCUT2D eigenvalue weighted by molar-refractivity contribution is 6.35. The van der Waals surface area contributed by atoms with Gasteiger partial charge in [-0.15, -0.1) is 0 Å². The first-order chi connectivity index (χ1) is 12.2. The van der Waals surface area contributed by atoms with E-state index in [9.17, 15) is 4.79 Å². The molecule has 0 aliphatic carbocycles. The highest BCUT2D eigenvalue weighted by Gasteiger charge is 2.31. The van der Waals surface area contributed by atoms with Crippen molar-refractivity contribution in [2.75, 3.05) is 25.2 Å². The smallest absolute Gasteiger partial charge is 0.258 e. The number of hydrogen-bond acceptors (Lipinski definition) is 3. The molecule has 0 aromatic heterocycles. The molecule has 0 radical (unpaired) electrons. The molecular formula is C21H23NO3. The minimum atomic E-state index is 0.0518. The van der Waals surface area contributed by atoms with Crippen LogP contribution >= 0.6 is 0 Å². The largest absolute Gasteiger partial charge is 0.493 e. The van der Waals surface area contributed by atoms with Gasteiger partial charge in [0, 0.05) is 17.7 Å². The maximum absolute atomic E-state index is 12.9. The number of hydrogen-bond donors (Lipinski definition) is 0. The number of carbonyl (C=O) groups excluding carboxylic acids is 1. The normalized spacial score (nSPS) is 14.8. The summed E-state index contributed by atoms with van der Waals surface area (Å²) in [5, 5.41) is 0. The van der Waals surface area contributed by atoms with E-state index in [2.05, 4.69) is 6.92 Å². The van der Waals surface area contributed by atoms with E-state index in [1.165, 1.54) is 0 Å². The van der Waals surface area contributed by atoms with E-state index in [-0.39, 0.29) is 5.91 Å². The van der Waals surface area contributed by atoms with Crippen molar-refractivity contribution >= 4 is 23.2 Å². The Labute approximate surface area is 148 Å². The van der Waals surface area contributed by atoms with Gasteiger partial charge >= 0.3 is 0 Å². The molecule has 0 spiro atoms. The predicted molar refractivity (Wildman–Crippen MR) is 101 cm³/mol. The molecule has 0 saturated carbocycles. The van der Waals surface area contributed by atoms with E-state index < -0.39 is 0 Å². The molecule has 1 aliphatic rings. The van der Waals surface area contributed by atoms with Crippen LogP contribution in [0.5, 0.6) is 11.5 Å². The summed E-state index contributed by atoms with van der Waals surface area (Å²) in [6, 6.07) is 13.7. The number of benzene rings is 2. The van der Waals surface area contributed by atoms with Crippen LogP contribution in [0.2, 0.25) is 0 Å². The molecule has 0 saturated heterocycles. The van der Waals surface area contributed by atoms with Crippen LogP contribution in [0.4, 0.5) is 5.69 Å². The quantitative estimate of drug-likeness (QED) is 0.734. The Balaban J connectivity index is 2.02. The van der Waals surface area contributed by atoms with Crippen molar-refractivity contribution in [1.29, 1.82) is 0 Å². The lowest BCUT2D eigenvalue weighted by molar-refractivity contribution is -0.113. The first-order valence-electron chi connectivity index (χ1n) is 8.63. The minimum Gasteiger partial charge on any atom is -0.493 e. The summed E-state index contributed by atoms with van der Waals surface area (Å²) >= 11 is 0. The average molecular weight is 337 g/mol. The van der Waals surface area contributed by atoms with E-state index >= 15 is 0 Å². The summed E-state index contributed by atoms with van der Waals surface area (Å²) in [6.07, 6.45) is 2.85. The number of fused-ring (bicyclic) bond motifs is 1. The minimum absolute atomic E-state index is 0.0518. The Bertz CT molecular complexity index is 811. The van der Waals surface area contributed by atoms with Gasteiger partial charge in [-0.25, -0.2) is 0 Å². The lowest BCUT2D eigenvalue weighted by Crippen LogP contribution is -2.26. The van der Waals surface area contributed by atoms with Crippen LogP contribution in [-0.2, 0) is 4.79 Å². The van der Waals surface area contributed by atoms with Crippen LogP contribution in [0.1, 0.15) is 31.4 Å². The maximum atomic E-state index is 12.9. The van der Waals surface area contributed by atoms with Crippen molar-refractivity contribution in [2.45, 2.75) is 20.3 Å². The number of amides is 1. The molecule has 3 rings (SSSR count). The molecular weight excluding hydrogens is 314 g/mol. The molecule has 25 heavy (non-hydrogen) atoms. The van der Waals surface area contributed by atoms with E-state index in [1.54, 1.807) is 7.11 Å². The van der Waals surface area contributed by atoms with Gasteiger partial charge in [-0.1, -0.05) is 31.2 Å². The van der Waals surface area contributed by atoms with Crippen LogP contribution in [-0.4, -0.2) is 26.2 Å². The molecule has 0 fully saturated rings. The zero-order valence-corrected chi connectivity index (χ0v) is 14.9. The number of ether oxygens (including phenoxy) is 2. The van der Waals surface area contributed by atoms with Crippen molar-refractivity contribution in [3.05, 3.63) is 53.6 Å². The molecule has 2 aromatic rings. The van der Waals surface area contributed by atoms with Crippen LogP contribution in [0.25, 0.3) is 11.6 Å². The molecule has 4 nitrogen and oxygen atoms in total. The van der Waals surface area contributed by atoms with Crippen molar-refractivity contribution in [3.8, 4) is 11.5 Å². The second kappa shape index (κ2) is 7.43. The third kappa shape index (κ3) is 3.25. The topological polar surface area (TPSA) is 38.8 Å². The van der Waals surface area contributed by atoms with Crippen molar-refractivity contribution < 1.29 is 14.3 Å². The Morgan fingerprint density at radius 2 is 1.88 bits per heavy atom. The molecule has 1 amide bonds. The fourth-order valence-corrected chi connectivity index (χ4v) is 3.11. The number of methoxy groups -OCH3 is 1. The standard InChI is InChI=1S/C21H23NO3/c1-4-12-22-18-9-7-6-8-16(18)17(21(22)23)13-15-10-11-19(25-5-2)20(14-15)24-3/h6-11,13-14H,4-5,12H2,1-3H3/b17-13-. The van der Waals surface area contributed by atoms with Crippen molar-refractivity contribution in [1.82, 2.24) is 0 Å². The average Bonchev–Trinajstić information content (AvgIpc) is 2.89. The molecule has 130 valence electrons. The van der Waals surface area contributed by atoms with Gasteiger partial charge in [0.25, 0.3) is 5.91 Å². The molecule has 0 atom stereocenters.